The highest BCUT2D eigenvalue weighted by atomic mass is 35.5. The van der Waals surface area contributed by atoms with Crippen LogP contribution in [0.4, 0.5) is 0 Å². The van der Waals surface area contributed by atoms with E-state index in [9.17, 15) is 4.79 Å². The van der Waals surface area contributed by atoms with Crippen molar-refractivity contribution in [2.45, 2.75) is 18.5 Å². The minimum absolute atomic E-state index is 0.0519. The summed E-state index contributed by atoms with van der Waals surface area (Å²) in [4.78, 5) is 15.0. The molecule has 0 aliphatic heterocycles. The van der Waals surface area contributed by atoms with Gasteiger partial charge < -0.3 is 10.2 Å². The molecule has 3 aromatic rings. The van der Waals surface area contributed by atoms with Crippen LogP contribution < -0.4 is 5.32 Å². The molecule has 0 aliphatic rings. The number of tetrazole rings is 1. The molecule has 3 rings (SSSR count). The van der Waals surface area contributed by atoms with Crippen LogP contribution in [-0.4, -0.2) is 51.7 Å². The summed E-state index contributed by atoms with van der Waals surface area (Å²) in [7, 11) is 3.92. The lowest BCUT2D eigenvalue weighted by Crippen LogP contribution is -2.39. The standard InChI is InChI=1S/C20H23ClN6O/c1-26(2)19(16-10-6-7-11-17(16)21)13-22-20(28)18(27-14-23-24-25-27)12-15-8-4-3-5-9-15/h3-11,14,18-19H,12-13H2,1-2H3,(H,22,28). The van der Waals surface area contributed by atoms with Crippen LogP contribution in [-0.2, 0) is 11.2 Å². The van der Waals surface area contributed by atoms with Crippen LogP contribution in [0.15, 0.2) is 60.9 Å². The maximum Gasteiger partial charge on any atom is 0.245 e. The van der Waals surface area contributed by atoms with E-state index in [-0.39, 0.29) is 11.9 Å². The van der Waals surface area contributed by atoms with E-state index in [0.29, 0.717) is 18.0 Å². The third-order valence-electron chi connectivity index (χ3n) is 4.62. The number of nitrogens with zero attached hydrogens (tertiary/aromatic N) is 5. The van der Waals surface area contributed by atoms with E-state index < -0.39 is 6.04 Å². The summed E-state index contributed by atoms with van der Waals surface area (Å²) in [6.07, 6.45) is 1.96. The smallest absolute Gasteiger partial charge is 0.245 e. The van der Waals surface area contributed by atoms with E-state index >= 15 is 0 Å². The predicted octanol–water partition coefficient (Wildman–Crippen LogP) is 2.53. The molecule has 1 amide bonds. The lowest BCUT2D eigenvalue weighted by Gasteiger charge is -2.27. The van der Waals surface area contributed by atoms with Crippen molar-refractivity contribution in [2.24, 2.45) is 0 Å². The molecule has 0 radical (unpaired) electrons. The number of nitrogens with one attached hydrogen (secondary N) is 1. The molecule has 1 heterocycles. The molecule has 2 aromatic carbocycles. The van der Waals surface area contributed by atoms with Gasteiger partial charge in [-0.15, -0.1) is 5.10 Å². The SMILES string of the molecule is CN(C)C(CNC(=O)C(Cc1ccccc1)n1cnnn1)c1ccccc1Cl. The average Bonchev–Trinajstić information content (AvgIpc) is 3.22. The summed E-state index contributed by atoms with van der Waals surface area (Å²) in [6, 6.07) is 16.9. The van der Waals surface area contributed by atoms with E-state index in [2.05, 4.69) is 20.8 Å². The van der Waals surface area contributed by atoms with E-state index in [0.717, 1.165) is 11.1 Å². The summed E-state index contributed by atoms with van der Waals surface area (Å²) in [5, 5.41) is 15.0. The van der Waals surface area contributed by atoms with Gasteiger partial charge in [-0.05, 0) is 41.7 Å². The number of aromatic nitrogens is 4. The number of rotatable bonds is 8. The largest absolute Gasteiger partial charge is 0.352 e. The predicted molar refractivity (Wildman–Crippen MR) is 108 cm³/mol. The number of hydrogen-bond donors (Lipinski definition) is 1. The molecule has 1 aromatic heterocycles. The fourth-order valence-corrected chi connectivity index (χ4v) is 3.35. The van der Waals surface area contributed by atoms with Gasteiger partial charge in [0.05, 0.1) is 6.04 Å². The zero-order valence-electron chi connectivity index (χ0n) is 15.9. The van der Waals surface area contributed by atoms with Gasteiger partial charge in [0, 0.05) is 18.0 Å². The molecule has 0 bridgehead atoms. The first-order chi connectivity index (χ1) is 13.6. The van der Waals surface area contributed by atoms with Gasteiger partial charge in [0.2, 0.25) is 5.91 Å². The fraction of sp³-hybridized carbons (Fsp3) is 0.300. The Hall–Kier alpha value is -2.77. The van der Waals surface area contributed by atoms with Gasteiger partial charge in [0.1, 0.15) is 12.4 Å². The maximum atomic E-state index is 13.0. The number of halogens is 1. The Morgan fingerprint density at radius 1 is 1.14 bits per heavy atom. The molecular formula is C20H23ClN6O. The summed E-state index contributed by atoms with van der Waals surface area (Å²) < 4.78 is 1.49. The van der Waals surface area contributed by atoms with Crippen molar-refractivity contribution in [1.29, 1.82) is 0 Å². The molecule has 0 saturated heterocycles. The van der Waals surface area contributed by atoms with Gasteiger partial charge in [-0.2, -0.15) is 0 Å². The van der Waals surface area contributed by atoms with Crippen LogP contribution in [0.1, 0.15) is 23.2 Å². The molecule has 0 aliphatic carbocycles. The zero-order valence-corrected chi connectivity index (χ0v) is 16.6. The summed E-state index contributed by atoms with van der Waals surface area (Å²) in [6.45, 7) is 0.420. The van der Waals surface area contributed by atoms with E-state index in [4.69, 9.17) is 11.6 Å². The number of likely N-dealkylation sites (N-methyl/N-ethyl adjacent to an activating group) is 1. The average molecular weight is 399 g/mol. The minimum atomic E-state index is -0.536. The molecule has 8 heteroatoms. The molecule has 0 saturated carbocycles. The van der Waals surface area contributed by atoms with Crippen molar-refractivity contribution < 1.29 is 4.79 Å². The summed E-state index contributed by atoms with van der Waals surface area (Å²) in [5.74, 6) is -0.143. The van der Waals surface area contributed by atoms with Gasteiger partial charge >= 0.3 is 0 Å². The first-order valence-electron chi connectivity index (χ1n) is 9.01. The molecular weight excluding hydrogens is 376 g/mol. The van der Waals surface area contributed by atoms with Crippen molar-refractivity contribution in [3.8, 4) is 0 Å². The van der Waals surface area contributed by atoms with Gasteiger partial charge in [0.25, 0.3) is 0 Å². The Kier molecular flexibility index (Phi) is 6.73. The number of carbonyl (C=O) groups is 1. The quantitative estimate of drug-likeness (QED) is 0.631. The Labute approximate surface area is 169 Å². The van der Waals surface area contributed by atoms with E-state index in [1.165, 1.54) is 11.0 Å². The van der Waals surface area contributed by atoms with Crippen LogP contribution >= 0.6 is 11.6 Å². The molecule has 7 nitrogen and oxygen atoms in total. The van der Waals surface area contributed by atoms with E-state index in [1.54, 1.807) is 0 Å². The lowest BCUT2D eigenvalue weighted by molar-refractivity contribution is -0.124. The normalized spacial score (nSPS) is 13.3. The van der Waals surface area contributed by atoms with Crippen molar-refractivity contribution in [3.05, 3.63) is 77.1 Å². The highest BCUT2D eigenvalue weighted by Crippen LogP contribution is 2.25. The van der Waals surface area contributed by atoms with Gasteiger partial charge in [-0.3, -0.25) is 4.79 Å². The zero-order chi connectivity index (χ0) is 19.9. The third-order valence-corrected chi connectivity index (χ3v) is 4.96. The molecule has 1 N–H and O–H groups in total. The Bertz CT molecular complexity index is 885. The Morgan fingerprint density at radius 3 is 2.50 bits per heavy atom. The van der Waals surface area contributed by atoms with Gasteiger partial charge in [-0.25, -0.2) is 4.68 Å². The molecule has 2 atom stereocenters. The summed E-state index contributed by atoms with van der Waals surface area (Å²) >= 11 is 6.36. The first-order valence-corrected chi connectivity index (χ1v) is 9.39. The van der Waals surface area contributed by atoms with Crippen LogP contribution in [0.3, 0.4) is 0 Å². The fourth-order valence-electron chi connectivity index (χ4n) is 3.09. The molecule has 146 valence electrons. The second kappa shape index (κ2) is 9.43. The van der Waals surface area contributed by atoms with Crippen molar-refractivity contribution in [3.63, 3.8) is 0 Å². The molecule has 0 spiro atoms. The minimum Gasteiger partial charge on any atom is -0.352 e. The second-order valence-electron chi connectivity index (χ2n) is 6.74. The van der Waals surface area contributed by atoms with Crippen molar-refractivity contribution >= 4 is 17.5 Å². The van der Waals surface area contributed by atoms with Crippen LogP contribution in [0.5, 0.6) is 0 Å². The topological polar surface area (TPSA) is 75.9 Å². The Balaban J connectivity index is 1.75. The lowest BCUT2D eigenvalue weighted by atomic mass is 10.0. The van der Waals surface area contributed by atoms with Crippen LogP contribution in [0.2, 0.25) is 5.02 Å². The van der Waals surface area contributed by atoms with Gasteiger partial charge in [0.15, 0.2) is 0 Å². The first kappa shape index (κ1) is 20.0. The van der Waals surface area contributed by atoms with Crippen LogP contribution in [0, 0.1) is 0 Å². The highest BCUT2D eigenvalue weighted by Gasteiger charge is 2.24. The number of benzene rings is 2. The van der Waals surface area contributed by atoms with Gasteiger partial charge in [-0.1, -0.05) is 60.1 Å². The van der Waals surface area contributed by atoms with Crippen molar-refractivity contribution in [2.75, 3.05) is 20.6 Å². The molecule has 2 unspecified atom stereocenters. The number of hydrogen-bond acceptors (Lipinski definition) is 5. The Morgan fingerprint density at radius 2 is 1.86 bits per heavy atom. The molecule has 0 fully saturated rings. The van der Waals surface area contributed by atoms with E-state index in [1.807, 2.05) is 73.6 Å². The summed E-state index contributed by atoms with van der Waals surface area (Å²) in [5.41, 5.74) is 2.00. The molecule has 28 heavy (non-hydrogen) atoms. The monoisotopic (exact) mass is 398 g/mol. The third kappa shape index (κ3) is 4.94. The van der Waals surface area contributed by atoms with Crippen LogP contribution in [0.25, 0.3) is 0 Å². The van der Waals surface area contributed by atoms with Crippen molar-refractivity contribution in [1.82, 2.24) is 30.4 Å². The second-order valence-corrected chi connectivity index (χ2v) is 7.15. The number of amides is 1. The number of carbonyl (C=O) groups excluding carboxylic acids is 1. The highest BCUT2D eigenvalue weighted by molar-refractivity contribution is 6.31. The maximum absolute atomic E-state index is 13.0.